The summed E-state index contributed by atoms with van der Waals surface area (Å²) in [6.45, 7) is 5.98. The van der Waals surface area contributed by atoms with Crippen molar-refractivity contribution in [3.63, 3.8) is 0 Å². The third kappa shape index (κ3) is 4.25. The first-order valence-electron chi connectivity index (χ1n) is 6.54. The first kappa shape index (κ1) is 15.9. The maximum Gasteiger partial charge on any atom is 0.219 e. The molecule has 0 aliphatic carbocycles. The van der Waals surface area contributed by atoms with Crippen LogP contribution in [0.5, 0.6) is 11.6 Å². The highest BCUT2D eigenvalue weighted by molar-refractivity contribution is 9.10. The van der Waals surface area contributed by atoms with Crippen molar-refractivity contribution < 1.29 is 14.2 Å². The fourth-order valence-corrected chi connectivity index (χ4v) is 2.24. The number of aliphatic hydroxyl groups is 1. The van der Waals surface area contributed by atoms with E-state index in [-0.39, 0.29) is 12.0 Å². The Morgan fingerprint density at radius 1 is 1.19 bits per heavy atom. The lowest BCUT2D eigenvalue weighted by atomic mass is 9.91. The van der Waals surface area contributed by atoms with Gasteiger partial charge in [-0.1, -0.05) is 36.7 Å². The molecule has 0 fully saturated rings. The molecule has 1 heterocycles. The van der Waals surface area contributed by atoms with Crippen LogP contribution in [0.2, 0.25) is 0 Å². The van der Waals surface area contributed by atoms with Crippen LogP contribution >= 0.6 is 15.9 Å². The van der Waals surface area contributed by atoms with Crippen molar-refractivity contribution in [2.24, 2.45) is 0 Å². The number of nitrogens with zero attached hydrogens (tertiary/aromatic N) is 1. The van der Waals surface area contributed by atoms with E-state index in [9.17, 15) is 9.50 Å². The van der Waals surface area contributed by atoms with Crippen molar-refractivity contribution in [1.82, 2.24) is 4.98 Å². The fraction of sp³-hybridized carbons (Fsp3) is 0.312. The highest BCUT2D eigenvalue weighted by Crippen LogP contribution is 2.28. The summed E-state index contributed by atoms with van der Waals surface area (Å²) in [5, 5.41) is 9.36. The normalized spacial score (nSPS) is 11.5. The van der Waals surface area contributed by atoms with Gasteiger partial charge in [0.25, 0.3) is 0 Å². The zero-order valence-electron chi connectivity index (χ0n) is 12.2. The van der Waals surface area contributed by atoms with Crippen LogP contribution in [0.25, 0.3) is 0 Å². The Hall–Kier alpha value is -1.46. The summed E-state index contributed by atoms with van der Waals surface area (Å²) in [6, 6.07) is 7.79. The van der Waals surface area contributed by atoms with Crippen LogP contribution in [0.3, 0.4) is 0 Å². The highest BCUT2D eigenvalue weighted by Gasteiger charge is 2.18. The average Bonchev–Trinajstić information content (AvgIpc) is 2.36. The van der Waals surface area contributed by atoms with Crippen molar-refractivity contribution >= 4 is 15.9 Å². The van der Waals surface area contributed by atoms with E-state index in [0.29, 0.717) is 21.7 Å². The number of ether oxygens (including phenoxy) is 1. The van der Waals surface area contributed by atoms with Crippen LogP contribution in [-0.2, 0) is 12.0 Å². The molecule has 5 heteroatoms. The van der Waals surface area contributed by atoms with E-state index in [1.807, 2.05) is 26.8 Å². The largest absolute Gasteiger partial charge is 0.439 e. The minimum atomic E-state index is -0.395. The molecular formula is C16H17BrFNO2. The molecule has 1 aromatic carbocycles. The molecule has 0 bridgehead atoms. The molecule has 3 nitrogen and oxygen atoms in total. The molecule has 0 amide bonds. The monoisotopic (exact) mass is 353 g/mol. The maximum atomic E-state index is 13.4. The summed E-state index contributed by atoms with van der Waals surface area (Å²) in [5.41, 5.74) is 1.34. The number of hydrogen-bond acceptors (Lipinski definition) is 3. The lowest BCUT2D eigenvalue weighted by Gasteiger charge is -2.19. The van der Waals surface area contributed by atoms with Gasteiger partial charge in [-0.2, -0.15) is 0 Å². The van der Waals surface area contributed by atoms with Crippen molar-refractivity contribution in [2.75, 3.05) is 0 Å². The second-order valence-corrected chi connectivity index (χ2v) is 6.73. The van der Waals surface area contributed by atoms with Crippen LogP contribution < -0.4 is 4.74 Å². The number of aliphatic hydroxyl groups excluding tert-OH is 1. The summed E-state index contributed by atoms with van der Waals surface area (Å²) >= 11 is 3.22. The first-order valence-corrected chi connectivity index (χ1v) is 7.33. The zero-order valence-corrected chi connectivity index (χ0v) is 13.7. The van der Waals surface area contributed by atoms with E-state index >= 15 is 0 Å². The molecule has 0 aliphatic rings. The molecule has 0 saturated carbocycles. The van der Waals surface area contributed by atoms with E-state index in [2.05, 4.69) is 20.9 Å². The van der Waals surface area contributed by atoms with E-state index in [1.54, 1.807) is 12.1 Å². The van der Waals surface area contributed by atoms with Gasteiger partial charge in [-0.15, -0.1) is 0 Å². The van der Waals surface area contributed by atoms with Gasteiger partial charge >= 0.3 is 0 Å². The molecule has 0 saturated heterocycles. The third-order valence-electron chi connectivity index (χ3n) is 2.87. The minimum Gasteiger partial charge on any atom is -0.439 e. The van der Waals surface area contributed by atoms with Crippen LogP contribution in [0.15, 0.2) is 34.8 Å². The summed E-state index contributed by atoms with van der Waals surface area (Å²) in [5.74, 6) is 0.294. The molecule has 0 radical (unpaired) electrons. The first-order chi connectivity index (χ1) is 9.77. The van der Waals surface area contributed by atoms with Crippen molar-refractivity contribution in [3.8, 4) is 11.6 Å². The van der Waals surface area contributed by atoms with Gasteiger partial charge in [-0.25, -0.2) is 9.37 Å². The summed E-state index contributed by atoms with van der Waals surface area (Å²) in [7, 11) is 0. The Labute approximate surface area is 131 Å². The predicted octanol–water partition coefficient (Wildman–Crippen LogP) is 4.57. The smallest absolute Gasteiger partial charge is 0.219 e. The van der Waals surface area contributed by atoms with Crippen LogP contribution in [0.1, 0.15) is 32.0 Å². The van der Waals surface area contributed by atoms with Gasteiger partial charge in [0.15, 0.2) is 0 Å². The van der Waals surface area contributed by atoms with Gasteiger partial charge in [0, 0.05) is 22.0 Å². The Kier molecular flexibility index (Phi) is 4.64. The molecule has 21 heavy (non-hydrogen) atoms. The lowest BCUT2D eigenvalue weighted by Crippen LogP contribution is -2.14. The third-order valence-corrected chi connectivity index (χ3v) is 3.33. The van der Waals surface area contributed by atoms with Gasteiger partial charge in [0.05, 0.1) is 12.3 Å². The number of hydrogen-bond donors (Lipinski definition) is 1. The molecule has 1 N–H and O–H groups in total. The van der Waals surface area contributed by atoms with Gasteiger partial charge in [-0.05, 0) is 23.8 Å². The number of aromatic nitrogens is 1. The number of halogens is 2. The number of pyridine rings is 1. The Morgan fingerprint density at radius 3 is 2.48 bits per heavy atom. The van der Waals surface area contributed by atoms with Crippen LogP contribution in [0.4, 0.5) is 4.39 Å². The van der Waals surface area contributed by atoms with E-state index in [1.165, 1.54) is 12.1 Å². The fourth-order valence-electron chi connectivity index (χ4n) is 1.80. The molecule has 1 aromatic heterocycles. The SMILES string of the molecule is CC(C)(C)c1cc(CO)cc(Oc2cc(F)cc(Br)c2)n1. The van der Waals surface area contributed by atoms with Gasteiger partial charge in [-0.3, -0.25) is 0 Å². The zero-order chi connectivity index (χ0) is 15.6. The van der Waals surface area contributed by atoms with E-state index in [0.717, 1.165) is 5.69 Å². The van der Waals surface area contributed by atoms with Crippen LogP contribution in [-0.4, -0.2) is 10.1 Å². The quantitative estimate of drug-likeness (QED) is 0.878. The van der Waals surface area contributed by atoms with Gasteiger partial charge < -0.3 is 9.84 Å². The highest BCUT2D eigenvalue weighted by atomic mass is 79.9. The van der Waals surface area contributed by atoms with E-state index in [4.69, 9.17) is 4.74 Å². The Morgan fingerprint density at radius 2 is 1.90 bits per heavy atom. The molecule has 0 unspecified atom stereocenters. The summed E-state index contributed by atoms with van der Waals surface area (Å²) in [6.07, 6.45) is 0. The topological polar surface area (TPSA) is 42.4 Å². The maximum absolute atomic E-state index is 13.4. The van der Waals surface area contributed by atoms with Crippen molar-refractivity contribution in [1.29, 1.82) is 0 Å². The molecule has 0 aliphatic heterocycles. The summed E-state index contributed by atoms with van der Waals surface area (Å²) < 4.78 is 19.6. The van der Waals surface area contributed by atoms with Crippen molar-refractivity contribution in [3.05, 3.63) is 51.9 Å². The second-order valence-electron chi connectivity index (χ2n) is 5.81. The van der Waals surface area contributed by atoms with Crippen LogP contribution in [0, 0.1) is 5.82 Å². The minimum absolute atomic E-state index is 0.102. The molecular weight excluding hydrogens is 337 g/mol. The lowest BCUT2D eigenvalue weighted by molar-refractivity contribution is 0.280. The molecule has 2 aromatic rings. The molecule has 0 atom stereocenters. The number of rotatable bonds is 3. The Bertz CT molecular complexity index is 633. The second kappa shape index (κ2) is 6.12. The predicted molar refractivity (Wildman–Crippen MR) is 83.0 cm³/mol. The van der Waals surface area contributed by atoms with Crippen molar-refractivity contribution in [2.45, 2.75) is 32.8 Å². The standard InChI is InChI=1S/C16H17BrFNO2/c1-16(2,3)14-4-10(9-20)5-15(19-14)21-13-7-11(17)6-12(18)8-13/h4-8,20H,9H2,1-3H3. The molecule has 2 rings (SSSR count). The van der Waals surface area contributed by atoms with Gasteiger partial charge in [0.1, 0.15) is 11.6 Å². The molecule has 112 valence electrons. The molecule has 0 spiro atoms. The summed E-state index contributed by atoms with van der Waals surface area (Å²) in [4.78, 5) is 4.44. The Balaban J connectivity index is 2.39. The van der Waals surface area contributed by atoms with Gasteiger partial charge in [0.2, 0.25) is 5.88 Å². The van der Waals surface area contributed by atoms with E-state index < -0.39 is 5.82 Å². The number of benzene rings is 1. The average molecular weight is 354 g/mol.